The van der Waals surface area contributed by atoms with E-state index in [4.69, 9.17) is 32.8 Å². The van der Waals surface area contributed by atoms with Gasteiger partial charge < -0.3 is 32.8 Å². The number of fused-ring (bicyclic) bond motifs is 15. The zero-order valence-electron chi connectivity index (χ0n) is 46.1. The maximum absolute atomic E-state index is 12.9. The maximum atomic E-state index is 12.9. The molecule has 3 aromatic carbocycles. The molecular weight excluding hydrogens is 932 g/mol. The second-order valence-corrected chi connectivity index (χ2v) is 26.0. The summed E-state index contributed by atoms with van der Waals surface area (Å²) in [6, 6.07) is 21.8. The molecule has 5 fully saturated rings. The Morgan fingerprint density at radius 1 is 0.446 bits per heavy atom. The van der Waals surface area contributed by atoms with Crippen LogP contribution in [0.2, 0.25) is 0 Å². The average molecular weight is 1020 g/mol. The lowest BCUT2D eigenvalue weighted by Crippen LogP contribution is -2.41. The van der Waals surface area contributed by atoms with E-state index in [1.54, 1.807) is 0 Å². The summed E-state index contributed by atoms with van der Waals surface area (Å²) in [6.45, 7) is 33.7. The Bertz CT molecular complexity index is 2550. The highest BCUT2D eigenvalue weighted by Gasteiger charge is 2.57. The monoisotopic (exact) mass is 1020 g/mol. The van der Waals surface area contributed by atoms with E-state index < -0.39 is 23.9 Å². The minimum Gasteiger partial charge on any atom is -0.444 e. The van der Waals surface area contributed by atoms with E-state index in [-0.39, 0.29) is 98.9 Å². The fraction of sp³-hybridized carbons (Fsp3) is 0.644. The van der Waals surface area contributed by atoms with Crippen molar-refractivity contribution in [3.8, 4) is 0 Å². The number of hydrogen-bond acceptors (Lipinski definition) is 10. The van der Waals surface area contributed by atoms with Crippen LogP contribution in [0.5, 0.6) is 0 Å². The predicted molar refractivity (Wildman–Crippen MR) is 293 cm³/mol. The minimum absolute atomic E-state index is 0. The number of nitrogens with zero attached hydrogens (tertiary/aromatic N) is 3. The molecule has 74 heavy (non-hydrogen) atoms. The van der Waals surface area contributed by atoms with Crippen molar-refractivity contribution in [1.29, 1.82) is 0 Å². The Kier molecular flexibility index (Phi) is 15.0. The van der Waals surface area contributed by atoms with Gasteiger partial charge in [-0.3, -0.25) is 14.7 Å². The van der Waals surface area contributed by atoms with Gasteiger partial charge in [0.2, 0.25) is 0 Å². The maximum Gasteiger partial charge on any atom is 0.495 e. The standard InChI is InChI=1S/2C21H30BNO4.C15H19NO2.2CH4/c1-19(2,3)25-18(24)23-16-10-11-17(23)15-12-13(8-9-14(15)16)22-26-20(4,5)21(6,7)27-22;1-19(2,3)25-18(24)23-15-11-12-16(23)17-13(15)9-8-10-14(17)22-26-20(4,5)21(6,7)27-22;1-15(2,3)18-14(17)16-12-8-9-13(16)11-7-5-4-6-10(11)12;;/h8-9,12,16-17H,10-11H2,1-7H3;8-10,15-16H,11-12H2,1-7H3;4-7,12-13H,8-9H2,1-3H3;2*1H4. The molecule has 3 amide bonds. The molecule has 11 rings (SSSR count). The van der Waals surface area contributed by atoms with Gasteiger partial charge >= 0.3 is 32.5 Å². The summed E-state index contributed by atoms with van der Waals surface area (Å²) in [6.07, 6.45) is 5.39. The third-order valence-electron chi connectivity index (χ3n) is 16.4. The molecule has 6 bridgehead atoms. The van der Waals surface area contributed by atoms with E-state index >= 15 is 0 Å². The van der Waals surface area contributed by atoms with Gasteiger partial charge in [0.15, 0.2) is 0 Å². The molecule has 8 aliphatic heterocycles. The van der Waals surface area contributed by atoms with E-state index in [1.165, 1.54) is 33.4 Å². The number of carbonyl (C=O) groups excluding carboxylic acids is 3. The number of rotatable bonds is 2. The first-order valence-corrected chi connectivity index (χ1v) is 26.4. The van der Waals surface area contributed by atoms with Crippen LogP contribution in [0.3, 0.4) is 0 Å². The van der Waals surface area contributed by atoms with Crippen molar-refractivity contribution in [3.63, 3.8) is 0 Å². The van der Waals surface area contributed by atoms with Crippen LogP contribution in [0.1, 0.15) is 241 Å². The fourth-order valence-electron chi connectivity index (χ4n) is 11.8. The van der Waals surface area contributed by atoms with E-state index in [2.05, 4.69) is 97.9 Å². The largest absolute Gasteiger partial charge is 0.495 e. The van der Waals surface area contributed by atoms with Crippen LogP contribution in [-0.4, -0.2) is 86.4 Å². The summed E-state index contributed by atoms with van der Waals surface area (Å²) in [7, 11) is -0.792. The molecule has 15 heteroatoms. The molecule has 13 nitrogen and oxygen atoms in total. The van der Waals surface area contributed by atoms with Gasteiger partial charge in [-0.2, -0.15) is 0 Å². The average Bonchev–Trinajstić information content (AvgIpc) is 4.14. The van der Waals surface area contributed by atoms with E-state index in [0.717, 1.165) is 49.5 Å². The topological polar surface area (TPSA) is 126 Å². The summed E-state index contributed by atoms with van der Waals surface area (Å²) < 4.78 is 41.9. The van der Waals surface area contributed by atoms with Crippen molar-refractivity contribution >= 4 is 43.4 Å². The molecular formula is C59H87B2N3O10. The molecule has 0 aliphatic carbocycles. The van der Waals surface area contributed by atoms with Crippen molar-refractivity contribution in [2.75, 3.05) is 0 Å². The van der Waals surface area contributed by atoms with Crippen LogP contribution in [0.15, 0.2) is 60.7 Å². The Labute approximate surface area is 444 Å². The second kappa shape index (κ2) is 19.5. The summed E-state index contributed by atoms with van der Waals surface area (Å²) in [5, 5.41) is 0. The highest BCUT2D eigenvalue weighted by atomic mass is 16.7. The lowest BCUT2D eigenvalue weighted by Gasteiger charge is -2.32. The van der Waals surface area contributed by atoms with Crippen molar-refractivity contribution < 1.29 is 47.2 Å². The molecule has 0 N–H and O–H groups in total. The third-order valence-corrected chi connectivity index (χ3v) is 16.4. The first kappa shape index (κ1) is 57.2. The van der Waals surface area contributed by atoms with Crippen molar-refractivity contribution in [3.05, 3.63) is 94.0 Å². The molecule has 0 spiro atoms. The molecule has 0 radical (unpaired) electrons. The number of amides is 3. The molecule has 8 heterocycles. The van der Waals surface area contributed by atoms with Gasteiger partial charge in [0.25, 0.3) is 0 Å². The number of hydrogen-bond donors (Lipinski definition) is 0. The van der Waals surface area contributed by atoms with Gasteiger partial charge in [-0.05, 0) is 201 Å². The number of carbonyl (C=O) groups is 3. The Morgan fingerprint density at radius 2 is 0.770 bits per heavy atom. The summed E-state index contributed by atoms with van der Waals surface area (Å²) >= 11 is 0. The zero-order chi connectivity index (χ0) is 52.5. The molecule has 6 unspecified atom stereocenters. The van der Waals surface area contributed by atoms with Gasteiger partial charge in [0.1, 0.15) is 16.8 Å². The molecule has 5 saturated heterocycles. The molecule has 6 atom stereocenters. The van der Waals surface area contributed by atoms with Gasteiger partial charge in [-0.1, -0.05) is 75.5 Å². The van der Waals surface area contributed by atoms with Crippen LogP contribution in [0, 0.1) is 0 Å². The normalized spacial score (nSPS) is 26.4. The van der Waals surface area contributed by atoms with Crippen molar-refractivity contribution in [2.24, 2.45) is 0 Å². The Balaban J connectivity index is 0.000000163. The molecule has 404 valence electrons. The van der Waals surface area contributed by atoms with Crippen LogP contribution in [0.25, 0.3) is 0 Å². The quantitative estimate of drug-likeness (QED) is 0.181. The minimum atomic E-state index is -0.500. The second-order valence-electron chi connectivity index (χ2n) is 26.0. The molecule has 8 aliphatic rings. The zero-order valence-corrected chi connectivity index (χ0v) is 46.1. The smallest absolute Gasteiger partial charge is 0.444 e. The summed E-state index contributed by atoms with van der Waals surface area (Å²) in [5.41, 5.74) is 6.62. The van der Waals surface area contributed by atoms with Crippen LogP contribution in [-0.2, 0) is 32.8 Å². The van der Waals surface area contributed by atoms with Gasteiger partial charge in [0.05, 0.1) is 58.7 Å². The first-order valence-electron chi connectivity index (χ1n) is 26.4. The van der Waals surface area contributed by atoms with Gasteiger partial charge in [0, 0.05) is 0 Å². The van der Waals surface area contributed by atoms with Crippen LogP contribution in [0.4, 0.5) is 14.4 Å². The SMILES string of the molecule is C.C.CC(C)(C)OC(=O)N1C2CCC1c1c(B3OC(C)(C)C(C)(C)O3)cccc12.CC(C)(C)OC(=O)N1C2CCC1c1cc(B3OC(C)(C)C(C)(C)O3)ccc12.CC(C)(C)OC(=O)N1C2CCC1c1ccccc12. The number of benzene rings is 3. The van der Waals surface area contributed by atoms with E-state index in [0.29, 0.717) is 0 Å². The van der Waals surface area contributed by atoms with Gasteiger partial charge in [-0.25, -0.2) is 14.4 Å². The molecule has 0 saturated carbocycles. The predicted octanol–water partition coefficient (Wildman–Crippen LogP) is 13.3. The van der Waals surface area contributed by atoms with Gasteiger partial charge in [-0.15, -0.1) is 0 Å². The van der Waals surface area contributed by atoms with Crippen molar-refractivity contribution in [2.45, 2.75) is 247 Å². The first-order chi connectivity index (χ1) is 33.3. The summed E-state index contributed by atoms with van der Waals surface area (Å²) in [4.78, 5) is 43.7. The Hall–Kier alpha value is -4.56. The van der Waals surface area contributed by atoms with Crippen molar-refractivity contribution in [1.82, 2.24) is 14.7 Å². The van der Waals surface area contributed by atoms with E-state index in [9.17, 15) is 14.4 Å². The van der Waals surface area contributed by atoms with E-state index in [1.807, 2.05) is 95.2 Å². The number of ether oxygens (including phenoxy) is 3. The van der Waals surface area contributed by atoms with Crippen LogP contribution < -0.4 is 10.9 Å². The third kappa shape index (κ3) is 10.4. The lowest BCUT2D eigenvalue weighted by atomic mass is 9.72. The summed E-state index contributed by atoms with van der Waals surface area (Å²) in [5.74, 6) is 0. The highest BCUT2D eigenvalue weighted by Crippen LogP contribution is 2.56. The molecule has 3 aromatic rings. The van der Waals surface area contributed by atoms with Crippen LogP contribution >= 0.6 is 0 Å². The Morgan fingerprint density at radius 3 is 1.18 bits per heavy atom. The highest BCUT2D eigenvalue weighted by molar-refractivity contribution is 6.63. The fourth-order valence-corrected chi connectivity index (χ4v) is 11.8. The molecule has 0 aromatic heterocycles. The lowest BCUT2D eigenvalue weighted by molar-refractivity contribution is 0.00578.